The second kappa shape index (κ2) is 8.69. The molecule has 3 aromatic carbocycles. The van der Waals surface area contributed by atoms with Crippen molar-refractivity contribution in [1.29, 1.82) is 0 Å². The van der Waals surface area contributed by atoms with Crippen molar-refractivity contribution in [3.63, 3.8) is 0 Å². The summed E-state index contributed by atoms with van der Waals surface area (Å²) in [5, 5.41) is 12.9. The fourth-order valence-corrected chi connectivity index (χ4v) is 3.62. The number of fused-ring (bicyclic) bond motifs is 1. The lowest BCUT2D eigenvalue weighted by molar-refractivity contribution is 0.617. The Kier molecular flexibility index (Phi) is 5.44. The zero-order valence-electron chi connectivity index (χ0n) is 17.0. The Morgan fingerprint density at radius 2 is 1.78 bits per heavy atom. The third-order valence-electron chi connectivity index (χ3n) is 5.10. The van der Waals surface area contributed by atoms with Crippen LogP contribution in [0.5, 0.6) is 0 Å². The number of nitrogens with zero attached hydrogens (tertiary/aromatic N) is 3. The molecule has 0 spiro atoms. The maximum absolute atomic E-state index is 12.7. The van der Waals surface area contributed by atoms with Crippen LogP contribution < -0.4 is 10.7 Å². The van der Waals surface area contributed by atoms with Gasteiger partial charge in [0.25, 0.3) is 0 Å². The molecular formula is C25H19ClN4O2. The summed E-state index contributed by atoms with van der Waals surface area (Å²) >= 11 is 5.95. The molecule has 0 bridgehead atoms. The van der Waals surface area contributed by atoms with E-state index in [4.69, 9.17) is 16.0 Å². The summed E-state index contributed by atoms with van der Waals surface area (Å²) in [6.07, 6.45) is 1.90. The predicted molar refractivity (Wildman–Crippen MR) is 126 cm³/mol. The highest BCUT2D eigenvalue weighted by atomic mass is 35.5. The zero-order valence-corrected chi connectivity index (χ0v) is 17.8. The summed E-state index contributed by atoms with van der Waals surface area (Å²) in [7, 11) is 0. The monoisotopic (exact) mass is 442 g/mol. The van der Waals surface area contributed by atoms with Gasteiger partial charge in [0.2, 0.25) is 0 Å². The normalized spacial score (nSPS) is 11.0. The van der Waals surface area contributed by atoms with Gasteiger partial charge in [0.05, 0.1) is 24.7 Å². The van der Waals surface area contributed by atoms with E-state index in [1.54, 1.807) is 16.8 Å². The first-order chi connectivity index (χ1) is 15.6. The molecule has 0 amide bonds. The molecule has 0 aliphatic carbocycles. The number of aromatic nitrogens is 3. The molecule has 5 aromatic rings. The van der Waals surface area contributed by atoms with Gasteiger partial charge in [-0.2, -0.15) is 0 Å². The van der Waals surface area contributed by atoms with Crippen LogP contribution in [-0.4, -0.2) is 15.0 Å². The minimum absolute atomic E-state index is 0.0932. The Morgan fingerprint density at radius 1 is 0.969 bits per heavy atom. The van der Waals surface area contributed by atoms with E-state index in [0.717, 1.165) is 22.5 Å². The molecule has 1 N–H and O–H groups in total. The molecule has 6 nitrogen and oxygen atoms in total. The van der Waals surface area contributed by atoms with Crippen molar-refractivity contribution in [2.45, 2.75) is 13.1 Å². The van der Waals surface area contributed by atoms with E-state index in [0.29, 0.717) is 34.8 Å². The summed E-state index contributed by atoms with van der Waals surface area (Å²) in [6.45, 7) is 1.09. The van der Waals surface area contributed by atoms with Gasteiger partial charge in [0.15, 0.2) is 5.43 Å². The van der Waals surface area contributed by atoms with Gasteiger partial charge in [-0.05, 0) is 54.1 Å². The standard InChI is InChI=1S/C25H19ClN4O2/c26-19-9-7-18(8-10-19)25-13-23(31)22-12-17(6-11-24(22)32-25)15-30-16-21(28-29-30)14-27-20-4-2-1-3-5-20/h1-13,16,27H,14-15H2. The average Bonchev–Trinajstić information content (AvgIpc) is 3.26. The maximum atomic E-state index is 12.7. The van der Waals surface area contributed by atoms with Crippen molar-refractivity contribution >= 4 is 28.3 Å². The highest BCUT2D eigenvalue weighted by Crippen LogP contribution is 2.24. The highest BCUT2D eigenvalue weighted by molar-refractivity contribution is 6.30. The predicted octanol–water partition coefficient (Wildman–Crippen LogP) is 5.37. The molecule has 0 aliphatic heterocycles. The van der Waals surface area contributed by atoms with Crippen LogP contribution in [0.15, 0.2) is 94.3 Å². The van der Waals surface area contributed by atoms with Crippen LogP contribution in [0.3, 0.4) is 0 Å². The van der Waals surface area contributed by atoms with Crippen molar-refractivity contribution in [2.75, 3.05) is 5.32 Å². The molecule has 0 unspecified atom stereocenters. The molecule has 0 atom stereocenters. The summed E-state index contributed by atoms with van der Waals surface area (Å²) in [6, 6.07) is 24.2. The molecule has 0 fully saturated rings. The lowest BCUT2D eigenvalue weighted by atomic mass is 10.1. The number of halogens is 1. The van der Waals surface area contributed by atoms with E-state index in [1.165, 1.54) is 6.07 Å². The van der Waals surface area contributed by atoms with Gasteiger partial charge < -0.3 is 9.73 Å². The number of benzene rings is 3. The number of nitrogens with one attached hydrogen (secondary N) is 1. The van der Waals surface area contributed by atoms with Crippen LogP contribution in [0.1, 0.15) is 11.3 Å². The Labute approximate surface area is 189 Å². The van der Waals surface area contributed by atoms with Gasteiger partial charge in [-0.3, -0.25) is 4.79 Å². The van der Waals surface area contributed by atoms with Gasteiger partial charge in [-0.15, -0.1) is 5.10 Å². The smallest absolute Gasteiger partial charge is 0.193 e. The maximum Gasteiger partial charge on any atom is 0.193 e. The van der Waals surface area contributed by atoms with E-state index in [-0.39, 0.29) is 5.43 Å². The Morgan fingerprint density at radius 3 is 2.59 bits per heavy atom. The average molecular weight is 443 g/mol. The minimum Gasteiger partial charge on any atom is -0.456 e. The van der Waals surface area contributed by atoms with Crippen molar-refractivity contribution < 1.29 is 4.42 Å². The summed E-state index contributed by atoms with van der Waals surface area (Å²) in [5.41, 5.74) is 4.05. The lowest BCUT2D eigenvalue weighted by Gasteiger charge is -2.06. The van der Waals surface area contributed by atoms with E-state index in [9.17, 15) is 4.79 Å². The summed E-state index contributed by atoms with van der Waals surface area (Å²) in [4.78, 5) is 12.7. The topological polar surface area (TPSA) is 73.0 Å². The van der Waals surface area contributed by atoms with Crippen LogP contribution in [0.2, 0.25) is 5.02 Å². The van der Waals surface area contributed by atoms with Gasteiger partial charge in [-0.25, -0.2) is 4.68 Å². The van der Waals surface area contributed by atoms with Crippen molar-refractivity contribution in [3.05, 3.63) is 112 Å². The summed E-state index contributed by atoms with van der Waals surface area (Å²) in [5.74, 6) is 0.513. The number of hydrogen-bond donors (Lipinski definition) is 1. The van der Waals surface area contributed by atoms with Crippen molar-refractivity contribution in [2.24, 2.45) is 0 Å². The molecule has 2 aromatic heterocycles. The van der Waals surface area contributed by atoms with Gasteiger partial charge in [0.1, 0.15) is 17.0 Å². The van der Waals surface area contributed by atoms with Crippen LogP contribution in [0.4, 0.5) is 5.69 Å². The van der Waals surface area contributed by atoms with Crippen LogP contribution in [0, 0.1) is 0 Å². The molecule has 7 heteroatoms. The van der Waals surface area contributed by atoms with E-state index >= 15 is 0 Å². The van der Waals surface area contributed by atoms with Crippen LogP contribution >= 0.6 is 11.6 Å². The lowest BCUT2D eigenvalue weighted by Crippen LogP contribution is -2.04. The van der Waals surface area contributed by atoms with E-state index in [1.807, 2.05) is 66.9 Å². The number of anilines is 1. The Hall–Kier alpha value is -3.90. The first kappa shape index (κ1) is 20.0. The SMILES string of the molecule is O=c1cc(-c2ccc(Cl)cc2)oc2ccc(Cn3cc(CNc4ccccc4)nn3)cc12. The first-order valence-electron chi connectivity index (χ1n) is 10.1. The fourth-order valence-electron chi connectivity index (χ4n) is 3.49. The van der Waals surface area contributed by atoms with Gasteiger partial charge >= 0.3 is 0 Å². The largest absolute Gasteiger partial charge is 0.456 e. The first-order valence-corrected chi connectivity index (χ1v) is 10.5. The highest BCUT2D eigenvalue weighted by Gasteiger charge is 2.09. The number of rotatable bonds is 6. The molecule has 0 aliphatic rings. The van der Waals surface area contributed by atoms with Crippen molar-refractivity contribution in [3.8, 4) is 11.3 Å². The Bertz CT molecular complexity index is 1430. The molecule has 0 saturated carbocycles. The van der Waals surface area contributed by atoms with E-state index in [2.05, 4.69) is 15.6 Å². The molecule has 5 rings (SSSR count). The minimum atomic E-state index is -0.0932. The van der Waals surface area contributed by atoms with Gasteiger partial charge in [0, 0.05) is 22.3 Å². The zero-order chi connectivity index (χ0) is 21.9. The van der Waals surface area contributed by atoms with Crippen LogP contribution in [-0.2, 0) is 13.1 Å². The molecule has 158 valence electrons. The third-order valence-corrected chi connectivity index (χ3v) is 5.35. The Balaban J connectivity index is 1.33. The van der Waals surface area contributed by atoms with Gasteiger partial charge in [-0.1, -0.05) is 41.1 Å². The fraction of sp³-hybridized carbons (Fsp3) is 0.0800. The van der Waals surface area contributed by atoms with Crippen molar-refractivity contribution in [1.82, 2.24) is 15.0 Å². The quantitative estimate of drug-likeness (QED) is 0.383. The van der Waals surface area contributed by atoms with Crippen LogP contribution in [0.25, 0.3) is 22.3 Å². The number of para-hydroxylation sites is 1. The van der Waals surface area contributed by atoms with E-state index < -0.39 is 0 Å². The summed E-state index contributed by atoms with van der Waals surface area (Å²) < 4.78 is 7.72. The molecule has 0 saturated heterocycles. The molecule has 32 heavy (non-hydrogen) atoms. The second-order valence-electron chi connectivity index (χ2n) is 7.44. The molecule has 0 radical (unpaired) electrons. The molecule has 2 heterocycles. The number of hydrogen-bond acceptors (Lipinski definition) is 5. The molecular weight excluding hydrogens is 424 g/mol. The third kappa shape index (κ3) is 4.40. The second-order valence-corrected chi connectivity index (χ2v) is 7.88.